The van der Waals surface area contributed by atoms with Gasteiger partial charge in [-0.2, -0.15) is 18.2 Å². The number of benzene rings is 2. The molecule has 2 aliphatic rings. The molecule has 14 heteroatoms. The van der Waals surface area contributed by atoms with E-state index in [1.165, 1.54) is 6.20 Å². The third-order valence-electron chi connectivity index (χ3n) is 7.13. The number of thioether (sulfide) groups is 1. The highest BCUT2D eigenvalue weighted by Gasteiger charge is 2.40. The van der Waals surface area contributed by atoms with Crippen LogP contribution in [0.5, 0.6) is 0 Å². The number of hydrogen-bond donors (Lipinski definition) is 0. The number of carbonyl (C=O) groups is 1. The van der Waals surface area contributed by atoms with E-state index in [0.29, 0.717) is 6.07 Å². The number of rotatable bonds is 2. The number of hydrogen-bond acceptors (Lipinski definition) is 6. The minimum atomic E-state index is -4.94. The number of alkyl halides is 3. The van der Waals surface area contributed by atoms with Crippen molar-refractivity contribution in [1.29, 1.82) is 0 Å². The molecule has 0 saturated carbocycles. The number of aromatic nitrogens is 2. The highest BCUT2D eigenvalue weighted by atomic mass is 79.9. The first-order valence-electron chi connectivity index (χ1n) is 13.4. The van der Waals surface area contributed by atoms with Gasteiger partial charge < -0.3 is 9.64 Å². The smallest absolute Gasteiger partial charge is 0.417 e. The Hall–Kier alpha value is -3.13. The lowest BCUT2D eigenvalue weighted by atomic mass is 9.95. The SMILES string of the molecule is CC1CN(c2nc(=O)n3c4c(c(-c5cc(Br)c(F)cc5F)c(C(F)(F)F)cc24)SCC=C3)CC(C)N1C(=O)OC(C)(C)C. The maximum Gasteiger partial charge on any atom is 0.417 e. The molecule has 0 radical (unpaired) electrons. The second-order valence-electron chi connectivity index (χ2n) is 11.5. The van der Waals surface area contributed by atoms with E-state index in [1.807, 2.05) is 0 Å². The normalized spacial score (nSPS) is 19.1. The molecule has 5 rings (SSSR count). The van der Waals surface area contributed by atoms with Gasteiger partial charge >= 0.3 is 18.0 Å². The molecule has 0 spiro atoms. The van der Waals surface area contributed by atoms with Crippen LogP contribution in [-0.2, 0) is 10.9 Å². The van der Waals surface area contributed by atoms with Crippen LogP contribution in [-0.4, -0.2) is 57.1 Å². The van der Waals surface area contributed by atoms with E-state index >= 15 is 4.39 Å². The van der Waals surface area contributed by atoms with Gasteiger partial charge in [-0.25, -0.2) is 18.4 Å². The molecule has 1 amide bonds. The zero-order valence-corrected chi connectivity index (χ0v) is 26.3. The largest absolute Gasteiger partial charge is 0.444 e. The van der Waals surface area contributed by atoms with Gasteiger partial charge in [0.15, 0.2) is 0 Å². The maximum atomic E-state index is 15.2. The molecule has 0 aliphatic carbocycles. The summed E-state index contributed by atoms with van der Waals surface area (Å²) in [5.41, 5.74) is -3.43. The van der Waals surface area contributed by atoms with Crippen LogP contribution in [0, 0.1) is 11.6 Å². The van der Waals surface area contributed by atoms with E-state index in [1.54, 1.807) is 50.5 Å². The van der Waals surface area contributed by atoms with Crippen LogP contribution in [0.4, 0.5) is 32.6 Å². The second kappa shape index (κ2) is 11.1. The Bertz CT molecular complexity index is 1710. The molecule has 1 saturated heterocycles. The Morgan fingerprint density at radius 3 is 2.33 bits per heavy atom. The predicted molar refractivity (Wildman–Crippen MR) is 159 cm³/mol. The van der Waals surface area contributed by atoms with Gasteiger partial charge in [-0.1, -0.05) is 6.08 Å². The summed E-state index contributed by atoms with van der Waals surface area (Å²) in [4.78, 5) is 33.8. The number of piperazine rings is 1. The van der Waals surface area contributed by atoms with E-state index in [4.69, 9.17) is 4.74 Å². The average Bonchev–Trinajstić information content (AvgIpc) is 3.10. The quantitative estimate of drug-likeness (QED) is 0.205. The molecule has 2 atom stereocenters. The summed E-state index contributed by atoms with van der Waals surface area (Å²) >= 11 is 3.97. The van der Waals surface area contributed by atoms with Crippen molar-refractivity contribution in [2.75, 3.05) is 23.7 Å². The molecule has 43 heavy (non-hydrogen) atoms. The van der Waals surface area contributed by atoms with Gasteiger partial charge in [0.05, 0.1) is 27.6 Å². The lowest BCUT2D eigenvalue weighted by Crippen LogP contribution is -2.59. The Morgan fingerprint density at radius 2 is 1.72 bits per heavy atom. The molecule has 2 aliphatic heterocycles. The van der Waals surface area contributed by atoms with E-state index in [9.17, 15) is 27.2 Å². The van der Waals surface area contributed by atoms with Crippen LogP contribution in [0.2, 0.25) is 0 Å². The van der Waals surface area contributed by atoms with E-state index in [2.05, 4.69) is 20.9 Å². The summed E-state index contributed by atoms with van der Waals surface area (Å²) in [5.74, 6) is -1.93. The summed E-state index contributed by atoms with van der Waals surface area (Å²) in [7, 11) is 0. The summed E-state index contributed by atoms with van der Waals surface area (Å²) in [5, 5.41) is 0.0384. The fourth-order valence-electron chi connectivity index (χ4n) is 5.53. The van der Waals surface area contributed by atoms with Crippen molar-refractivity contribution in [3.8, 4) is 11.1 Å². The molecule has 1 aromatic heterocycles. The Labute approximate surface area is 256 Å². The minimum Gasteiger partial charge on any atom is -0.444 e. The van der Waals surface area contributed by atoms with Gasteiger partial charge in [-0.15, -0.1) is 11.8 Å². The summed E-state index contributed by atoms with van der Waals surface area (Å²) in [6.45, 7) is 9.14. The zero-order valence-electron chi connectivity index (χ0n) is 23.9. The van der Waals surface area contributed by atoms with Gasteiger partial charge in [0.2, 0.25) is 0 Å². The number of nitrogens with zero attached hydrogens (tertiary/aromatic N) is 4. The molecule has 230 valence electrons. The maximum absolute atomic E-state index is 15.2. The third kappa shape index (κ3) is 5.87. The first kappa shape index (κ1) is 31.3. The van der Waals surface area contributed by atoms with Crippen LogP contribution >= 0.6 is 27.7 Å². The molecular weight excluding hydrogens is 659 g/mol. The third-order valence-corrected chi connectivity index (χ3v) is 8.78. The topological polar surface area (TPSA) is 67.7 Å². The lowest BCUT2D eigenvalue weighted by molar-refractivity contribution is -0.137. The molecule has 3 heterocycles. The average molecular weight is 688 g/mol. The molecule has 0 bridgehead atoms. The van der Waals surface area contributed by atoms with Crippen LogP contribution in [0.25, 0.3) is 28.2 Å². The minimum absolute atomic E-state index is 0.0153. The van der Waals surface area contributed by atoms with Gasteiger partial charge in [-0.3, -0.25) is 9.47 Å². The van der Waals surface area contributed by atoms with Crippen LogP contribution < -0.4 is 10.6 Å². The van der Waals surface area contributed by atoms with Crippen molar-refractivity contribution in [2.45, 2.75) is 63.4 Å². The van der Waals surface area contributed by atoms with Crippen molar-refractivity contribution in [3.63, 3.8) is 0 Å². The lowest BCUT2D eigenvalue weighted by Gasteiger charge is -2.45. The van der Waals surface area contributed by atoms with Gasteiger partial charge in [0.1, 0.15) is 23.1 Å². The van der Waals surface area contributed by atoms with E-state index in [-0.39, 0.29) is 44.9 Å². The van der Waals surface area contributed by atoms with Crippen molar-refractivity contribution in [3.05, 3.63) is 56.4 Å². The van der Waals surface area contributed by atoms with Crippen molar-refractivity contribution in [2.24, 2.45) is 0 Å². The molecule has 2 aromatic carbocycles. The van der Waals surface area contributed by atoms with Crippen molar-refractivity contribution in [1.82, 2.24) is 14.5 Å². The number of anilines is 1. The fraction of sp³-hybridized carbons (Fsp3) is 0.414. The Kier molecular flexibility index (Phi) is 8.08. The van der Waals surface area contributed by atoms with Gasteiger partial charge in [-0.05, 0) is 62.7 Å². The Morgan fingerprint density at radius 1 is 1.07 bits per heavy atom. The summed E-state index contributed by atoms with van der Waals surface area (Å²) < 4.78 is 80.1. The van der Waals surface area contributed by atoms with Crippen molar-refractivity contribution >= 4 is 56.7 Å². The molecule has 3 aromatic rings. The number of halogens is 6. The molecule has 1 fully saturated rings. The molecule has 7 nitrogen and oxygen atoms in total. The fourth-order valence-corrected chi connectivity index (χ4v) is 6.93. The highest BCUT2D eigenvalue weighted by molar-refractivity contribution is 9.10. The first-order valence-corrected chi connectivity index (χ1v) is 15.2. The standard InChI is InChI=1S/C29H28BrF5N4O3S/c1-14-12-37(13-15(2)39(14)27(41)42-28(3,4)5)25-17-9-18(29(33,34)35)22(16-10-19(30)21(32)11-20(16)31)24-23(17)38(26(40)36-25)7-6-8-43-24/h6-7,9-11,14-15H,8,12-13H2,1-5H3. The molecule has 2 unspecified atom stereocenters. The zero-order chi connectivity index (χ0) is 31.6. The summed E-state index contributed by atoms with van der Waals surface area (Å²) in [6.07, 6.45) is -2.43. The number of carbonyl (C=O) groups excluding carboxylic acids is 1. The first-order chi connectivity index (χ1) is 20.0. The van der Waals surface area contributed by atoms with Crippen molar-refractivity contribution < 1.29 is 31.5 Å². The highest BCUT2D eigenvalue weighted by Crippen LogP contribution is 2.49. The predicted octanol–water partition coefficient (Wildman–Crippen LogP) is 7.53. The van der Waals surface area contributed by atoms with Crippen LogP contribution in [0.3, 0.4) is 0 Å². The van der Waals surface area contributed by atoms with Gasteiger partial charge in [0, 0.05) is 52.5 Å². The van der Waals surface area contributed by atoms with E-state index < -0.39 is 64.0 Å². The van der Waals surface area contributed by atoms with E-state index in [0.717, 1.165) is 28.5 Å². The number of ether oxygens (including phenoxy) is 1. The monoisotopic (exact) mass is 686 g/mol. The van der Waals surface area contributed by atoms with Crippen LogP contribution in [0.1, 0.15) is 40.2 Å². The Balaban J connectivity index is 1.75. The van der Waals surface area contributed by atoms with Gasteiger partial charge in [0.25, 0.3) is 0 Å². The molecular formula is C29H28BrF5N4O3S. The molecule has 0 N–H and O–H groups in total. The second-order valence-corrected chi connectivity index (χ2v) is 13.4. The van der Waals surface area contributed by atoms with Crippen LogP contribution in [0.15, 0.2) is 38.4 Å². The number of amides is 1. The summed E-state index contributed by atoms with van der Waals surface area (Å²) in [6, 6.07) is 1.50.